The smallest absolute Gasteiger partial charge is 0.138 e. The minimum atomic E-state index is -0.290. The number of H-pyrrole nitrogens is 1. The maximum atomic E-state index is 13.1. The fraction of sp³-hybridized carbons (Fsp3) is 0.167. The van der Waals surface area contributed by atoms with Crippen molar-refractivity contribution in [1.29, 1.82) is 0 Å². The van der Waals surface area contributed by atoms with E-state index in [0.717, 1.165) is 24.1 Å². The summed E-state index contributed by atoms with van der Waals surface area (Å²) < 4.78 is 13.1. The number of hydrogen-bond acceptors (Lipinski definition) is 2. The summed E-state index contributed by atoms with van der Waals surface area (Å²) in [5.41, 5.74) is 2.97. The summed E-state index contributed by atoms with van der Waals surface area (Å²) >= 11 is 6.05. The van der Waals surface area contributed by atoms with Gasteiger partial charge in [0, 0.05) is 21.8 Å². The third-order valence-electron chi connectivity index (χ3n) is 3.61. The lowest BCUT2D eigenvalue weighted by atomic mass is 10.1. The highest BCUT2D eigenvalue weighted by molar-refractivity contribution is 6.31. The molecule has 0 aliphatic carbocycles. The van der Waals surface area contributed by atoms with Crippen molar-refractivity contribution in [3.63, 3.8) is 0 Å². The Balaban J connectivity index is 2.12. The molecule has 3 nitrogen and oxygen atoms in total. The second kappa shape index (κ2) is 6.42. The third kappa shape index (κ3) is 3.22. The first-order valence-corrected chi connectivity index (χ1v) is 7.80. The summed E-state index contributed by atoms with van der Waals surface area (Å²) in [6.45, 7) is 2.07. The van der Waals surface area contributed by atoms with Crippen LogP contribution >= 0.6 is 11.6 Å². The van der Waals surface area contributed by atoms with Crippen molar-refractivity contribution in [3.05, 3.63) is 59.0 Å². The van der Waals surface area contributed by atoms with E-state index >= 15 is 0 Å². The van der Waals surface area contributed by atoms with Crippen molar-refractivity contribution in [2.75, 3.05) is 0 Å². The molecule has 0 unspecified atom stereocenters. The Morgan fingerprint density at radius 2 is 1.91 bits per heavy atom. The summed E-state index contributed by atoms with van der Waals surface area (Å²) in [7, 11) is 0. The van der Waals surface area contributed by atoms with Gasteiger partial charge in [-0.05, 0) is 48.9 Å². The van der Waals surface area contributed by atoms with Gasteiger partial charge in [0.25, 0.3) is 0 Å². The molecular formula is C18H16ClFN2O. The lowest BCUT2D eigenvalue weighted by molar-refractivity contribution is 0.477. The van der Waals surface area contributed by atoms with Crippen LogP contribution in [0.4, 0.5) is 4.39 Å². The number of rotatable bonds is 4. The molecule has 0 bridgehead atoms. The van der Waals surface area contributed by atoms with Crippen LogP contribution < -0.4 is 0 Å². The average Bonchev–Trinajstić information content (AvgIpc) is 2.94. The Morgan fingerprint density at radius 1 is 1.17 bits per heavy atom. The van der Waals surface area contributed by atoms with Crippen molar-refractivity contribution in [2.45, 2.75) is 19.8 Å². The first kappa shape index (κ1) is 15.6. The first-order valence-electron chi connectivity index (χ1n) is 7.42. The summed E-state index contributed by atoms with van der Waals surface area (Å²) in [5.74, 6) is 0.480. The lowest BCUT2D eigenvalue weighted by Crippen LogP contribution is -1.89. The van der Waals surface area contributed by atoms with E-state index in [4.69, 9.17) is 11.6 Å². The number of aromatic hydroxyl groups is 1. The molecule has 0 saturated heterocycles. The molecule has 3 rings (SSSR count). The number of phenolic OH excluding ortho intramolecular Hbond substituents is 1. The van der Waals surface area contributed by atoms with Crippen LogP contribution in [0.25, 0.3) is 22.6 Å². The minimum absolute atomic E-state index is 0.129. The first-order chi connectivity index (χ1) is 11.1. The van der Waals surface area contributed by atoms with Crippen molar-refractivity contribution >= 4 is 11.6 Å². The van der Waals surface area contributed by atoms with E-state index in [0.29, 0.717) is 22.1 Å². The number of phenols is 1. The highest BCUT2D eigenvalue weighted by Gasteiger charge is 2.16. The maximum Gasteiger partial charge on any atom is 0.138 e. The molecule has 1 aromatic heterocycles. The Kier molecular flexibility index (Phi) is 4.35. The SMILES string of the molecule is CCCc1[nH]c(-c2ccc(F)cc2)nc1-c1cc(Cl)ccc1O. The van der Waals surface area contributed by atoms with Crippen LogP contribution in [0.2, 0.25) is 5.02 Å². The second-order valence-corrected chi connectivity index (χ2v) is 5.77. The van der Waals surface area contributed by atoms with Gasteiger partial charge in [-0.15, -0.1) is 0 Å². The van der Waals surface area contributed by atoms with E-state index in [1.165, 1.54) is 12.1 Å². The van der Waals surface area contributed by atoms with Gasteiger partial charge < -0.3 is 10.1 Å². The van der Waals surface area contributed by atoms with Gasteiger partial charge in [0.2, 0.25) is 0 Å². The maximum absolute atomic E-state index is 13.1. The van der Waals surface area contributed by atoms with Crippen LogP contribution in [0.5, 0.6) is 5.75 Å². The Hall–Kier alpha value is -2.33. The molecule has 0 spiro atoms. The largest absolute Gasteiger partial charge is 0.507 e. The standard InChI is InChI=1S/C18H16ClFN2O/c1-2-3-15-17(14-10-12(19)6-9-16(14)23)22-18(21-15)11-4-7-13(20)8-5-11/h4-10,23H,2-3H2,1H3,(H,21,22). The fourth-order valence-electron chi connectivity index (χ4n) is 2.51. The normalized spacial score (nSPS) is 10.9. The molecule has 3 aromatic rings. The molecule has 0 saturated carbocycles. The van der Waals surface area contributed by atoms with E-state index in [9.17, 15) is 9.50 Å². The minimum Gasteiger partial charge on any atom is -0.507 e. The molecule has 0 aliphatic heterocycles. The Labute approximate surface area is 138 Å². The van der Waals surface area contributed by atoms with Gasteiger partial charge in [-0.3, -0.25) is 0 Å². The number of nitrogens with zero attached hydrogens (tertiary/aromatic N) is 1. The number of benzene rings is 2. The topological polar surface area (TPSA) is 48.9 Å². The number of halogens is 2. The molecule has 118 valence electrons. The number of hydrogen-bond donors (Lipinski definition) is 2. The Morgan fingerprint density at radius 3 is 2.61 bits per heavy atom. The number of aromatic nitrogens is 2. The molecule has 1 heterocycles. The molecular weight excluding hydrogens is 315 g/mol. The lowest BCUT2D eigenvalue weighted by Gasteiger charge is -2.04. The van der Waals surface area contributed by atoms with Gasteiger partial charge in [-0.25, -0.2) is 9.37 Å². The van der Waals surface area contributed by atoms with Crippen LogP contribution in [0.1, 0.15) is 19.0 Å². The number of aryl methyl sites for hydroxylation is 1. The van der Waals surface area contributed by atoms with E-state index < -0.39 is 0 Å². The van der Waals surface area contributed by atoms with E-state index in [1.54, 1.807) is 30.3 Å². The monoisotopic (exact) mass is 330 g/mol. The number of aromatic amines is 1. The quantitative estimate of drug-likeness (QED) is 0.691. The third-order valence-corrected chi connectivity index (χ3v) is 3.85. The van der Waals surface area contributed by atoms with E-state index in [2.05, 4.69) is 16.9 Å². The van der Waals surface area contributed by atoms with Gasteiger partial charge in [-0.1, -0.05) is 24.9 Å². The highest BCUT2D eigenvalue weighted by Crippen LogP contribution is 2.34. The van der Waals surface area contributed by atoms with Crippen molar-refractivity contribution in [1.82, 2.24) is 9.97 Å². The summed E-state index contributed by atoms with van der Waals surface area (Å²) in [4.78, 5) is 7.88. The van der Waals surface area contributed by atoms with Crippen LogP contribution in [0.15, 0.2) is 42.5 Å². The second-order valence-electron chi connectivity index (χ2n) is 5.33. The molecule has 2 N–H and O–H groups in total. The molecule has 0 amide bonds. The van der Waals surface area contributed by atoms with Gasteiger partial charge >= 0.3 is 0 Å². The van der Waals surface area contributed by atoms with Crippen LogP contribution in [-0.2, 0) is 6.42 Å². The zero-order chi connectivity index (χ0) is 16.4. The summed E-state index contributed by atoms with van der Waals surface area (Å²) in [5, 5.41) is 10.7. The Bertz CT molecular complexity index is 828. The van der Waals surface area contributed by atoms with E-state index in [-0.39, 0.29) is 11.6 Å². The zero-order valence-electron chi connectivity index (χ0n) is 12.6. The van der Waals surface area contributed by atoms with Gasteiger partial charge in [-0.2, -0.15) is 0 Å². The van der Waals surface area contributed by atoms with Crippen molar-refractivity contribution in [3.8, 4) is 28.4 Å². The number of imidazole rings is 1. The van der Waals surface area contributed by atoms with Crippen LogP contribution in [-0.4, -0.2) is 15.1 Å². The molecule has 0 aliphatic rings. The van der Waals surface area contributed by atoms with Gasteiger partial charge in [0.15, 0.2) is 0 Å². The summed E-state index contributed by atoms with van der Waals surface area (Å²) in [6, 6.07) is 11.0. The van der Waals surface area contributed by atoms with E-state index in [1.807, 2.05) is 0 Å². The van der Waals surface area contributed by atoms with Gasteiger partial charge in [0.05, 0.1) is 5.69 Å². The molecule has 2 aromatic carbocycles. The highest BCUT2D eigenvalue weighted by atomic mass is 35.5. The summed E-state index contributed by atoms with van der Waals surface area (Å²) in [6.07, 6.45) is 1.72. The van der Waals surface area contributed by atoms with Crippen molar-refractivity contribution < 1.29 is 9.50 Å². The fourth-order valence-corrected chi connectivity index (χ4v) is 2.68. The predicted molar refractivity (Wildman–Crippen MR) is 90.1 cm³/mol. The molecule has 5 heteroatoms. The van der Waals surface area contributed by atoms with Crippen LogP contribution in [0, 0.1) is 5.82 Å². The molecule has 0 fully saturated rings. The van der Waals surface area contributed by atoms with Gasteiger partial charge in [0.1, 0.15) is 17.4 Å². The molecule has 0 radical (unpaired) electrons. The number of nitrogens with one attached hydrogen (secondary N) is 1. The molecule has 0 atom stereocenters. The van der Waals surface area contributed by atoms with Crippen molar-refractivity contribution in [2.24, 2.45) is 0 Å². The zero-order valence-corrected chi connectivity index (χ0v) is 13.4. The average molecular weight is 331 g/mol. The predicted octanol–water partition coefficient (Wildman–Crippen LogP) is 5.19. The van der Waals surface area contributed by atoms with Crippen LogP contribution in [0.3, 0.4) is 0 Å². The molecule has 23 heavy (non-hydrogen) atoms.